The van der Waals surface area contributed by atoms with E-state index in [4.69, 9.17) is 4.98 Å². The van der Waals surface area contributed by atoms with Gasteiger partial charge in [0, 0.05) is 11.8 Å². The molecule has 1 aromatic carbocycles. The zero-order valence-corrected chi connectivity index (χ0v) is 17.5. The number of halogens is 1. The first-order chi connectivity index (χ1) is 12.8. The van der Waals surface area contributed by atoms with Crippen LogP contribution in [0.25, 0.3) is 11.6 Å². The monoisotopic (exact) mass is 381 g/mol. The third-order valence-electron chi connectivity index (χ3n) is 5.71. The maximum absolute atomic E-state index is 13.7. The summed E-state index contributed by atoms with van der Waals surface area (Å²) in [5.74, 6) is 0.177. The van der Waals surface area contributed by atoms with Gasteiger partial charge in [0.25, 0.3) is 0 Å². The van der Waals surface area contributed by atoms with Crippen molar-refractivity contribution in [1.29, 1.82) is 0 Å². The molecule has 2 unspecified atom stereocenters. The maximum Gasteiger partial charge on any atom is 0.123 e. The average Bonchev–Trinajstić information content (AvgIpc) is 3.10. The van der Waals surface area contributed by atoms with E-state index in [1.165, 1.54) is 5.56 Å². The van der Waals surface area contributed by atoms with Crippen LogP contribution in [0, 0.1) is 11.7 Å². The molecule has 0 amide bonds. The summed E-state index contributed by atoms with van der Waals surface area (Å²) >= 11 is 1.72. The second kappa shape index (κ2) is 7.55. The Kier molecular flexibility index (Phi) is 5.53. The summed E-state index contributed by atoms with van der Waals surface area (Å²) in [7, 11) is 0. The number of rotatable bonds is 6. The third kappa shape index (κ3) is 3.58. The Hall–Kier alpha value is -2.00. The lowest BCUT2D eigenvalue weighted by molar-refractivity contribution is 0.439. The fourth-order valence-corrected chi connectivity index (χ4v) is 5.15. The zero-order chi connectivity index (χ0) is 19.8. The quantitative estimate of drug-likeness (QED) is 0.492. The van der Waals surface area contributed by atoms with Crippen molar-refractivity contribution in [2.75, 3.05) is 0 Å². The normalized spacial score (nSPS) is 21.6. The molecule has 3 rings (SSSR count). The van der Waals surface area contributed by atoms with Crippen molar-refractivity contribution in [2.24, 2.45) is 5.92 Å². The minimum absolute atomic E-state index is 0.167. The first-order valence-corrected chi connectivity index (χ1v) is 10.4. The fourth-order valence-electron chi connectivity index (χ4n) is 4.01. The van der Waals surface area contributed by atoms with E-state index in [1.54, 1.807) is 23.5 Å². The molecule has 1 heterocycles. The molecule has 1 aliphatic carbocycles. The molecule has 1 nitrogen and oxygen atoms in total. The van der Waals surface area contributed by atoms with E-state index in [0.717, 1.165) is 51.6 Å². The van der Waals surface area contributed by atoms with Crippen molar-refractivity contribution in [3.8, 4) is 0 Å². The molecule has 0 bridgehead atoms. The number of allylic oxidation sites excluding steroid dienone is 3. The Bertz CT molecular complexity index is 920. The van der Waals surface area contributed by atoms with Crippen LogP contribution in [0.2, 0.25) is 0 Å². The number of nitrogens with zero attached hydrogens (tertiary/aromatic N) is 1. The molecule has 0 spiro atoms. The molecule has 0 saturated carbocycles. The summed E-state index contributed by atoms with van der Waals surface area (Å²) in [6.45, 7) is 17.2. The molecule has 0 fully saturated rings. The first-order valence-electron chi connectivity index (χ1n) is 9.56. The van der Waals surface area contributed by atoms with Crippen LogP contribution in [0.4, 0.5) is 4.39 Å². The van der Waals surface area contributed by atoms with Crippen LogP contribution >= 0.6 is 11.3 Å². The number of fused-ring (bicyclic) bond motifs is 1. The Morgan fingerprint density at radius 3 is 2.81 bits per heavy atom. The van der Waals surface area contributed by atoms with Gasteiger partial charge in [0.2, 0.25) is 0 Å². The molecule has 3 heteroatoms. The summed E-state index contributed by atoms with van der Waals surface area (Å²) in [5, 5.41) is 1.07. The van der Waals surface area contributed by atoms with Crippen molar-refractivity contribution >= 4 is 23.0 Å². The highest BCUT2D eigenvalue weighted by Gasteiger charge is 2.44. The molecule has 1 aromatic heterocycles. The van der Waals surface area contributed by atoms with Gasteiger partial charge in [-0.25, -0.2) is 9.37 Å². The van der Waals surface area contributed by atoms with Gasteiger partial charge in [-0.05, 0) is 60.6 Å². The van der Waals surface area contributed by atoms with E-state index >= 15 is 0 Å². The van der Waals surface area contributed by atoms with E-state index in [-0.39, 0.29) is 11.2 Å². The summed E-state index contributed by atoms with van der Waals surface area (Å²) in [4.78, 5) is 6.11. The third-order valence-corrected chi connectivity index (χ3v) is 6.73. The largest absolute Gasteiger partial charge is 0.241 e. The van der Waals surface area contributed by atoms with Gasteiger partial charge in [-0.2, -0.15) is 0 Å². The van der Waals surface area contributed by atoms with Gasteiger partial charge in [-0.15, -0.1) is 11.3 Å². The highest BCUT2D eigenvalue weighted by atomic mass is 32.1. The van der Waals surface area contributed by atoms with Crippen molar-refractivity contribution in [3.63, 3.8) is 0 Å². The van der Waals surface area contributed by atoms with E-state index in [1.807, 2.05) is 13.0 Å². The standard InChI is InChI=1S/C24H28FNS/c1-7-8-9-21-23(26-22(27-21)12-15(2)3)17(5)24(6)16(4)13-18-14-19(25)10-11-20(18)24/h8-11,14,16H,2,5,7,12-13H2,1,3-4,6H3/b9-8-. The Labute approximate surface area is 166 Å². The number of thiazole rings is 1. The van der Waals surface area contributed by atoms with Crippen LogP contribution in [-0.4, -0.2) is 4.98 Å². The van der Waals surface area contributed by atoms with Crippen LogP contribution in [0.15, 0.2) is 43.0 Å². The number of benzene rings is 1. The van der Waals surface area contributed by atoms with Crippen molar-refractivity contribution < 1.29 is 4.39 Å². The summed E-state index contributed by atoms with van der Waals surface area (Å²) in [5.41, 5.74) is 5.14. The molecule has 0 saturated heterocycles. The van der Waals surface area contributed by atoms with Gasteiger partial charge in [0.05, 0.1) is 15.6 Å². The molecule has 2 aromatic rings. The lowest BCUT2D eigenvalue weighted by Crippen LogP contribution is -2.28. The minimum Gasteiger partial charge on any atom is -0.241 e. The molecular weight excluding hydrogens is 353 g/mol. The SMILES string of the molecule is C=C(C)Cc1nc(C(=C)C2(C)c3ccc(F)cc3CC2C)c(/C=C\CC)s1. The molecule has 0 N–H and O–H groups in total. The van der Waals surface area contributed by atoms with Gasteiger partial charge in [0.1, 0.15) is 5.82 Å². The minimum atomic E-state index is -0.244. The highest BCUT2D eigenvalue weighted by molar-refractivity contribution is 7.12. The van der Waals surface area contributed by atoms with Crippen LogP contribution in [0.5, 0.6) is 0 Å². The Morgan fingerprint density at radius 1 is 1.41 bits per heavy atom. The van der Waals surface area contributed by atoms with Crippen LogP contribution < -0.4 is 0 Å². The topological polar surface area (TPSA) is 12.9 Å². The predicted molar refractivity (Wildman–Crippen MR) is 116 cm³/mol. The highest BCUT2D eigenvalue weighted by Crippen LogP contribution is 2.51. The molecule has 1 aliphatic rings. The second-order valence-corrected chi connectivity index (χ2v) is 8.97. The second-order valence-electron chi connectivity index (χ2n) is 7.85. The predicted octanol–water partition coefficient (Wildman–Crippen LogP) is 6.99. The van der Waals surface area contributed by atoms with Crippen LogP contribution in [0.3, 0.4) is 0 Å². The Morgan fingerprint density at radius 2 is 2.15 bits per heavy atom. The molecule has 27 heavy (non-hydrogen) atoms. The van der Waals surface area contributed by atoms with Gasteiger partial charge in [-0.3, -0.25) is 0 Å². The molecule has 0 aliphatic heterocycles. The first kappa shape index (κ1) is 19.8. The smallest absolute Gasteiger partial charge is 0.123 e. The van der Waals surface area contributed by atoms with Gasteiger partial charge in [0.15, 0.2) is 0 Å². The average molecular weight is 382 g/mol. The van der Waals surface area contributed by atoms with Crippen molar-refractivity contribution in [3.05, 3.63) is 75.5 Å². The van der Waals surface area contributed by atoms with E-state index in [0.29, 0.717) is 5.92 Å². The van der Waals surface area contributed by atoms with Gasteiger partial charge in [-0.1, -0.05) is 51.6 Å². The molecule has 2 atom stereocenters. The summed E-state index contributed by atoms with van der Waals surface area (Å²) in [6.07, 6.45) is 6.97. The van der Waals surface area contributed by atoms with E-state index in [9.17, 15) is 4.39 Å². The molecular formula is C24H28FNS. The summed E-state index contributed by atoms with van der Waals surface area (Å²) in [6, 6.07) is 5.17. The molecule has 0 radical (unpaired) electrons. The lowest BCUT2D eigenvalue weighted by atomic mass is 9.71. The maximum atomic E-state index is 13.7. The number of hydrogen-bond donors (Lipinski definition) is 0. The summed E-state index contributed by atoms with van der Waals surface area (Å²) < 4.78 is 13.7. The van der Waals surface area contributed by atoms with Crippen molar-refractivity contribution in [2.45, 2.75) is 52.4 Å². The van der Waals surface area contributed by atoms with Crippen LogP contribution in [0.1, 0.15) is 60.8 Å². The number of hydrogen-bond acceptors (Lipinski definition) is 2. The van der Waals surface area contributed by atoms with Gasteiger partial charge < -0.3 is 0 Å². The van der Waals surface area contributed by atoms with Crippen molar-refractivity contribution in [1.82, 2.24) is 4.98 Å². The fraction of sp³-hybridized carbons (Fsp3) is 0.375. The van der Waals surface area contributed by atoms with E-state index < -0.39 is 0 Å². The molecule has 142 valence electrons. The van der Waals surface area contributed by atoms with E-state index in [2.05, 4.69) is 46.1 Å². The Balaban J connectivity index is 2.08. The van der Waals surface area contributed by atoms with Gasteiger partial charge >= 0.3 is 0 Å². The van der Waals surface area contributed by atoms with Crippen LogP contribution in [-0.2, 0) is 18.3 Å². The zero-order valence-electron chi connectivity index (χ0n) is 16.7. The number of aromatic nitrogens is 1. The lowest BCUT2D eigenvalue weighted by Gasteiger charge is -2.33.